The third kappa shape index (κ3) is 6.23. The zero-order chi connectivity index (χ0) is 16.3. The van der Waals surface area contributed by atoms with Crippen LogP contribution in [0.3, 0.4) is 0 Å². The molecule has 21 heavy (non-hydrogen) atoms. The van der Waals surface area contributed by atoms with Crippen molar-refractivity contribution in [1.82, 2.24) is 5.32 Å². The van der Waals surface area contributed by atoms with E-state index < -0.39 is 44.7 Å². The monoisotopic (exact) mass is 343 g/mol. The van der Waals surface area contributed by atoms with E-state index in [-0.39, 0.29) is 19.4 Å². The number of halogens is 6. The lowest BCUT2D eigenvalue weighted by molar-refractivity contribution is -0.166. The van der Waals surface area contributed by atoms with Gasteiger partial charge in [-0.25, -0.2) is 0 Å². The summed E-state index contributed by atoms with van der Waals surface area (Å²) in [6.07, 6.45) is -9.77. The number of hydrogen-bond acceptors (Lipinski definition) is 4. The van der Waals surface area contributed by atoms with Crippen molar-refractivity contribution in [1.29, 1.82) is 0 Å². The highest BCUT2D eigenvalue weighted by molar-refractivity contribution is 7.55. The van der Waals surface area contributed by atoms with Crippen LogP contribution in [0.1, 0.15) is 12.8 Å². The summed E-state index contributed by atoms with van der Waals surface area (Å²) in [5.74, 6) is -0.950. The second-order valence-corrected chi connectivity index (χ2v) is 6.49. The van der Waals surface area contributed by atoms with E-state index in [1.54, 1.807) is 0 Å². The van der Waals surface area contributed by atoms with Gasteiger partial charge in [0.2, 0.25) is 5.91 Å². The molecule has 5 nitrogen and oxygen atoms in total. The Bertz CT molecular complexity index is 401. The predicted molar refractivity (Wildman–Crippen MR) is 57.7 cm³/mol. The SMILES string of the molecule is O=C1NCCCC1P(=O)(OCC(F)(F)F)OCC(F)(F)F. The number of amides is 1. The van der Waals surface area contributed by atoms with Crippen LogP contribution in [0.4, 0.5) is 26.3 Å². The lowest BCUT2D eigenvalue weighted by Gasteiger charge is -2.29. The molecule has 1 heterocycles. The van der Waals surface area contributed by atoms with Crippen LogP contribution in [0.25, 0.3) is 0 Å². The fourth-order valence-electron chi connectivity index (χ4n) is 1.60. The van der Waals surface area contributed by atoms with E-state index in [0.717, 1.165) is 0 Å². The average molecular weight is 343 g/mol. The fourth-order valence-corrected chi connectivity index (χ4v) is 3.57. The minimum Gasteiger partial charge on any atom is -0.355 e. The fraction of sp³-hybridized carbons (Fsp3) is 0.889. The van der Waals surface area contributed by atoms with Crippen LogP contribution in [-0.2, 0) is 18.4 Å². The first-order valence-corrected chi connectivity index (χ1v) is 7.34. The maximum atomic E-state index is 12.2. The summed E-state index contributed by atoms with van der Waals surface area (Å²) in [7, 11) is -4.90. The Morgan fingerprint density at radius 3 is 1.95 bits per heavy atom. The maximum Gasteiger partial charge on any atom is 0.412 e. The molecule has 1 unspecified atom stereocenters. The number of hydrogen-bond donors (Lipinski definition) is 1. The topological polar surface area (TPSA) is 64.6 Å². The van der Waals surface area contributed by atoms with E-state index in [2.05, 4.69) is 14.4 Å². The van der Waals surface area contributed by atoms with E-state index >= 15 is 0 Å². The maximum absolute atomic E-state index is 12.2. The van der Waals surface area contributed by atoms with E-state index in [1.807, 2.05) is 0 Å². The minimum absolute atomic E-state index is 0.182. The Morgan fingerprint density at radius 1 is 1.10 bits per heavy atom. The van der Waals surface area contributed by atoms with Gasteiger partial charge in [0.1, 0.15) is 5.66 Å². The molecule has 12 heteroatoms. The van der Waals surface area contributed by atoms with Crippen molar-refractivity contribution in [3.63, 3.8) is 0 Å². The molecule has 1 amide bonds. The van der Waals surface area contributed by atoms with Gasteiger partial charge in [-0.1, -0.05) is 0 Å². The molecule has 0 bridgehead atoms. The molecule has 0 spiro atoms. The van der Waals surface area contributed by atoms with Gasteiger partial charge < -0.3 is 5.32 Å². The van der Waals surface area contributed by atoms with Gasteiger partial charge in [-0.2, -0.15) is 26.3 Å². The Balaban J connectivity index is 2.86. The smallest absolute Gasteiger partial charge is 0.355 e. The summed E-state index contributed by atoms with van der Waals surface area (Å²) < 4.78 is 92.9. The van der Waals surface area contributed by atoms with Crippen molar-refractivity contribution in [3.8, 4) is 0 Å². The van der Waals surface area contributed by atoms with Crippen LogP contribution in [0.2, 0.25) is 0 Å². The van der Waals surface area contributed by atoms with E-state index in [9.17, 15) is 35.7 Å². The van der Waals surface area contributed by atoms with Gasteiger partial charge in [0.15, 0.2) is 13.2 Å². The van der Waals surface area contributed by atoms with Gasteiger partial charge >= 0.3 is 19.9 Å². The largest absolute Gasteiger partial charge is 0.412 e. The number of rotatable bonds is 5. The molecule has 1 aliphatic heterocycles. The molecule has 124 valence electrons. The van der Waals surface area contributed by atoms with Crippen molar-refractivity contribution >= 4 is 13.5 Å². The lowest BCUT2D eigenvalue weighted by atomic mass is 10.1. The van der Waals surface area contributed by atoms with Crippen LogP contribution in [0.15, 0.2) is 0 Å². The second kappa shape index (κ2) is 6.53. The van der Waals surface area contributed by atoms with Crippen LogP contribution in [0.5, 0.6) is 0 Å². The molecular formula is C9H12F6NO4P. The molecule has 1 fully saturated rings. The van der Waals surface area contributed by atoms with Crippen molar-refractivity contribution in [2.75, 3.05) is 19.8 Å². The van der Waals surface area contributed by atoms with Crippen LogP contribution in [0, 0.1) is 0 Å². The normalized spacial score (nSPS) is 21.2. The highest BCUT2D eigenvalue weighted by Gasteiger charge is 2.47. The first kappa shape index (κ1) is 18.2. The average Bonchev–Trinajstić information content (AvgIpc) is 2.33. The molecule has 1 aliphatic rings. The van der Waals surface area contributed by atoms with E-state index in [1.165, 1.54) is 0 Å². The first-order valence-electron chi connectivity index (χ1n) is 5.73. The van der Waals surface area contributed by atoms with Crippen LogP contribution in [-0.4, -0.2) is 43.7 Å². The Kier molecular flexibility index (Phi) is 5.68. The second-order valence-electron chi connectivity index (χ2n) is 4.27. The van der Waals surface area contributed by atoms with Gasteiger partial charge in [0, 0.05) is 6.54 Å². The zero-order valence-electron chi connectivity index (χ0n) is 10.5. The van der Waals surface area contributed by atoms with Crippen LogP contribution >= 0.6 is 7.60 Å². The molecule has 0 aromatic heterocycles. The van der Waals surface area contributed by atoms with Gasteiger partial charge in [0.25, 0.3) is 0 Å². The number of carbonyl (C=O) groups excluding carboxylic acids is 1. The first-order chi connectivity index (χ1) is 9.43. The third-order valence-electron chi connectivity index (χ3n) is 2.45. The van der Waals surface area contributed by atoms with Crippen molar-refractivity contribution in [3.05, 3.63) is 0 Å². The Hall–Kier alpha value is -0.800. The molecular weight excluding hydrogens is 331 g/mol. The molecule has 0 saturated carbocycles. The number of piperidine rings is 1. The zero-order valence-corrected chi connectivity index (χ0v) is 11.4. The van der Waals surface area contributed by atoms with Crippen molar-refractivity contribution in [2.24, 2.45) is 0 Å². The quantitative estimate of drug-likeness (QED) is 0.616. The standard InChI is InChI=1S/C9H12F6NO4P/c10-8(11,12)4-19-21(18,20-5-9(13,14)15)6-2-1-3-16-7(6)17/h6H,1-5H2,(H,16,17). The lowest BCUT2D eigenvalue weighted by Crippen LogP contribution is -2.41. The summed E-state index contributed by atoms with van der Waals surface area (Å²) >= 11 is 0. The van der Waals surface area contributed by atoms with Crippen LogP contribution < -0.4 is 5.32 Å². The Morgan fingerprint density at radius 2 is 1.57 bits per heavy atom. The van der Waals surface area contributed by atoms with Gasteiger partial charge in [-0.15, -0.1) is 0 Å². The summed E-state index contributed by atoms with van der Waals surface area (Å²) in [5.41, 5.74) is -1.68. The highest BCUT2D eigenvalue weighted by atomic mass is 31.2. The summed E-state index contributed by atoms with van der Waals surface area (Å²) in [6, 6.07) is 0. The van der Waals surface area contributed by atoms with Gasteiger partial charge in [-0.3, -0.25) is 18.4 Å². The van der Waals surface area contributed by atoms with Crippen molar-refractivity contribution < 1.29 is 44.7 Å². The number of carbonyl (C=O) groups is 1. The minimum atomic E-state index is -4.91. The van der Waals surface area contributed by atoms with Crippen molar-refractivity contribution in [2.45, 2.75) is 30.9 Å². The van der Waals surface area contributed by atoms with Gasteiger partial charge in [0.05, 0.1) is 0 Å². The highest BCUT2D eigenvalue weighted by Crippen LogP contribution is 2.56. The summed E-state index contributed by atoms with van der Waals surface area (Å²) in [4.78, 5) is 11.5. The molecule has 1 saturated heterocycles. The Labute approximate surface area is 115 Å². The van der Waals surface area contributed by atoms with E-state index in [0.29, 0.717) is 0 Å². The molecule has 1 rings (SSSR count). The molecule has 1 N–H and O–H groups in total. The molecule has 0 aliphatic carbocycles. The van der Waals surface area contributed by atoms with Gasteiger partial charge in [-0.05, 0) is 12.8 Å². The predicted octanol–water partition coefficient (Wildman–Crippen LogP) is 2.62. The van der Waals surface area contributed by atoms with E-state index in [4.69, 9.17) is 0 Å². The third-order valence-corrected chi connectivity index (χ3v) is 4.69. The summed E-state index contributed by atoms with van der Waals surface area (Å²) in [6.45, 7) is -3.94. The molecule has 0 radical (unpaired) electrons. The number of nitrogens with one attached hydrogen (secondary N) is 1. The molecule has 0 aromatic rings. The molecule has 0 aromatic carbocycles. The number of alkyl halides is 6. The molecule has 1 atom stereocenters. The summed E-state index contributed by atoms with van der Waals surface area (Å²) in [5, 5.41) is 2.20.